The van der Waals surface area contributed by atoms with Crippen LogP contribution in [0.5, 0.6) is 5.75 Å². The van der Waals surface area contributed by atoms with Gasteiger partial charge >= 0.3 is 0 Å². The summed E-state index contributed by atoms with van der Waals surface area (Å²) < 4.78 is 2.86. The molecule has 3 rings (SSSR count). The summed E-state index contributed by atoms with van der Waals surface area (Å²) in [6.45, 7) is 10.7. The smallest absolute Gasteiger partial charge is 0.271 e. The molecule has 0 aliphatic carbocycles. The van der Waals surface area contributed by atoms with Crippen LogP contribution >= 0.6 is 22.6 Å². The minimum atomic E-state index is -0.371. The van der Waals surface area contributed by atoms with Crippen LogP contribution in [0.4, 0.5) is 0 Å². The molecule has 30 heavy (non-hydrogen) atoms. The van der Waals surface area contributed by atoms with Gasteiger partial charge in [-0.2, -0.15) is 5.10 Å². The monoisotopic (exact) mass is 515 g/mol. The Labute approximate surface area is 191 Å². The van der Waals surface area contributed by atoms with Crippen molar-refractivity contribution in [3.63, 3.8) is 0 Å². The Balaban J connectivity index is 1.78. The van der Waals surface area contributed by atoms with E-state index in [-0.39, 0.29) is 17.1 Å². The molecule has 5 nitrogen and oxygen atoms in total. The molecule has 156 valence electrons. The molecule has 0 saturated heterocycles. The first-order valence-corrected chi connectivity index (χ1v) is 10.8. The maximum absolute atomic E-state index is 12.2. The molecule has 1 amide bonds. The molecule has 0 radical (unpaired) electrons. The number of aromatic hydroxyl groups is 1. The minimum Gasteiger partial charge on any atom is -0.507 e. The fraction of sp³-hybridized carbons (Fsp3) is 0.250. The van der Waals surface area contributed by atoms with Crippen molar-refractivity contribution in [1.82, 2.24) is 9.99 Å². The molecule has 0 aliphatic rings. The lowest BCUT2D eigenvalue weighted by Crippen LogP contribution is -2.17. The van der Waals surface area contributed by atoms with Crippen molar-refractivity contribution in [3.05, 3.63) is 80.2 Å². The van der Waals surface area contributed by atoms with Gasteiger partial charge in [-0.3, -0.25) is 4.79 Å². The molecule has 1 aromatic heterocycles. The number of carbonyl (C=O) groups is 1. The van der Waals surface area contributed by atoms with E-state index in [4.69, 9.17) is 0 Å². The molecule has 0 saturated carbocycles. The van der Waals surface area contributed by atoms with Gasteiger partial charge in [0.2, 0.25) is 0 Å². The Morgan fingerprint density at radius 2 is 1.77 bits per heavy atom. The highest BCUT2D eigenvalue weighted by Crippen LogP contribution is 2.25. The lowest BCUT2D eigenvalue weighted by Gasteiger charge is -2.20. The number of benzene rings is 2. The Morgan fingerprint density at radius 1 is 1.10 bits per heavy atom. The summed E-state index contributed by atoms with van der Waals surface area (Å²) in [5.41, 5.74) is 8.44. The summed E-state index contributed by atoms with van der Waals surface area (Å²) >= 11 is 2.01. The third kappa shape index (κ3) is 4.75. The van der Waals surface area contributed by atoms with Gasteiger partial charge in [-0.15, -0.1) is 0 Å². The first kappa shape index (κ1) is 22.1. The normalized spacial score (nSPS) is 11.8. The summed E-state index contributed by atoms with van der Waals surface area (Å²) in [5.74, 6) is -0.294. The number of phenols is 1. The molecule has 1 heterocycles. The summed E-state index contributed by atoms with van der Waals surface area (Å²) in [7, 11) is 0. The molecule has 0 unspecified atom stereocenters. The van der Waals surface area contributed by atoms with E-state index < -0.39 is 0 Å². The number of nitrogens with zero attached hydrogens (tertiary/aromatic N) is 2. The minimum absolute atomic E-state index is 0.0771. The van der Waals surface area contributed by atoms with Crippen LogP contribution in [0.2, 0.25) is 0 Å². The van der Waals surface area contributed by atoms with E-state index in [0.717, 1.165) is 22.6 Å². The maximum atomic E-state index is 12.2. The first-order valence-electron chi connectivity index (χ1n) is 9.69. The number of rotatable bonds is 4. The van der Waals surface area contributed by atoms with Gasteiger partial charge in [-0.25, -0.2) is 5.43 Å². The average Bonchev–Trinajstić information content (AvgIpc) is 2.96. The van der Waals surface area contributed by atoms with Crippen LogP contribution in [0.1, 0.15) is 53.6 Å². The van der Waals surface area contributed by atoms with Crippen LogP contribution in [-0.4, -0.2) is 21.8 Å². The van der Waals surface area contributed by atoms with Crippen LogP contribution in [0, 0.1) is 17.4 Å². The number of aromatic nitrogens is 1. The van der Waals surface area contributed by atoms with Gasteiger partial charge in [0.05, 0.1) is 9.78 Å². The van der Waals surface area contributed by atoms with E-state index in [9.17, 15) is 9.90 Å². The number of hydrogen-bond donors (Lipinski definition) is 2. The number of halogens is 1. The quantitative estimate of drug-likeness (QED) is 0.275. The molecule has 0 fully saturated rings. The fourth-order valence-electron chi connectivity index (χ4n) is 3.31. The zero-order chi connectivity index (χ0) is 22.1. The molecule has 6 heteroatoms. The summed E-state index contributed by atoms with van der Waals surface area (Å²) in [4.78, 5) is 12.2. The second kappa shape index (κ2) is 8.63. The molecular formula is C24H26IN3O2. The van der Waals surface area contributed by atoms with Crippen molar-refractivity contribution < 1.29 is 9.90 Å². The second-order valence-electron chi connectivity index (χ2n) is 8.32. The third-order valence-electron chi connectivity index (χ3n) is 5.04. The zero-order valence-corrected chi connectivity index (χ0v) is 20.0. The molecule has 0 atom stereocenters. The molecule has 2 aromatic carbocycles. The molecule has 0 aliphatic heterocycles. The molecule has 0 spiro atoms. The van der Waals surface area contributed by atoms with Crippen molar-refractivity contribution in [2.75, 3.05) is 0 Å². The van der Waals surface area contributed by atoms with Gasteiger partial charge in [0, 0.05) is 28.2 Å². The van der Waals surface area contributed by atoms with Crippen molar-refractivity contribution in [1.29, 1.82) is 0 Å². The van der Waals surface area contributed by atoms with E-state index in [2.05, 4.69) is 67.1 Å². The number of hydrogen-bond acceptors (Lipinski definition) is 3. The van der Waals surface area contributed by atoms with Crippen LogP contribution in [0.15, 0.2) is 53.6 Å². The molecule has 3 aromatic rings. The molecule has 2 N–H and O–H groups in total. The number of nitrogens with one attached hydrogen (secondary N) is 1. The number of phenolic OH excluding ortho intramolecular Hbond substituents is 1. The number of hydrazone groups is 1. The zero-order valence-electron chi connectivity index (χ0n) is 17.8. The van der Waals surface area contributed by atoms with Gasteiger partial charge in [-0.1, -0.05) is 32.9 Å². The summed E-state index contributed by atoms with van der Waals surface area (Å²) in [6.07, 6.45) is 1.65. The third-order valence-corrected chi connectivity index (χ3v) is 5.95. The Bertz CT molecular complexity index is 1110. The van der Waals surface area contributed by atoms with E-state index in [1.165, 1.54) is 11.6 Å². The second-order valence-corrected chi connectivity index (χ2v) is 9.49. The van der Waals surface area contributed by atoms with Crippen LogP contribution in [-0.2, 0) is 5.41 Å². The van der Waals surface area contributed by atoms with Gasteiger partial charge in [0.25, 0.3) is 5.91 Å². The highest BCUT2D eigenvalue weighted by atomic mass is 127. The molecular weight excluding hydrogens is 489 g/mol. The van der Waals surface area contributed by atoms with Crippen LogP contribution < -0.4 is 5.43 Å². The predicted octanol–water partition coefficient (Wildman–Crippen LogP) is 5.47. The number of amides is 1. The van der Waals surface area contributed by atoms with Crippen LogP contribution in [0.25, 0.3) is 5.69 Å². The number of aryl methyl sites for hydroxylation is 1. The lowest BCUT2D eigenvalue weighted by atomic mass is 9.87. The van der Waals surface area contributed by atoms with Gasteiger partial charge < -0.3 is 9.67 Å². The first-order chi connectivity index (χ1) is 14.1. The molecule has 0 bridgehead atoms. The van der Waals surface area contributed by atoms with Crippen molar-refractivity contribution in [2.24, 2.45) is 5.10 Å². The summed E-state index contributed by atoms with van der Waals surface area (Å²) in [5, 5.41) is 13.9. The van der Waals surface area contributed by atoms with E-state index >= 15 is 0 Å². The van der Waals surface area contributed by atoms with Crippen molar-refractivity contribution in [2.45, 2.75) is 40.0 Å². The highest BCUT2D eigenvalue weighted by molar-refractivity contribution is 14.1. The fourth-order valence-corrected chi connectivity index (χ4v) is 3.64. The lowest BCUT2D eigenvalue weighted by molar-refractivity contribution is 0.0954. The Hall–Kier alpha value is -2.61. The maximum Gasteiger partial charge on any atom is 0.271 e. The Morgan fingerprint density at radius 3 is 2.37 bits per heavy atom. The van der Waals surface area contributed by atoms with E-state index in [1.807, 2.05) is 35.6 Å². The van der Waals surface area contributed by atoms with Crippen molar-refractivity contribution >= 4 is 34.7 Å². The van der Waals surface area contributed by atoms with Crippen LogP contribution in [0.3, 0.4) is 0 Å². The Kier molecular flexibility index (Phi) is 6.36. The van der Waals surface area contributed by atoms with Gasteiger partial charge in [0.1, 0.15) is 5.75 Å². The number of carbonyl (C=O) groups excluding carboxylic acids is 1. The van der Waals surface area contributed by atoms with Crippen molar-refractivity contribution in [3.8, 4) is 11.4 Å². The summed E-state index contributed by atoms with van der Waals surface area (Å²) in [6, 6.07) is 15.4. The highest BCUT2D eigenvalue weighted by Gasteiger charge is 2.15. The predicted molar refractivity (Wildman–Crippen MR) is 130 cm³/mol. The SMILES string of the molecule is Cc1cc(/C=N\NC(=O)c2ccc(I)c(O)c2)c(C)n1-c1ccc(C(C)(C)C)cc1. The van der Waals surface area contributed by atoms with E-state index in [1.54, 1.807) is 18.3 Å². The van der Waals surface area contributed by atoms with E-state index in [0.29, 0.717) is 9.13 Å². The largest absolute Gasteiger partial charge is 0.507 e. The van der Waals surface area contributed by atoms with Gasteiger partial charge in [0.15, 0.2) is 0 Å². The average molecular weight is 515 g/mol. The topological polar surface area (TPSA) is 66.6 Å². The van der Waals surface area contributed by atoms with Gasteiger partial charge in [-0.05, 0) is 83.8 Å². The standard InChI is InChI=1S/C24H26IN3O2/c1-15-12-18(14-26-27-23(30)17-6-11-21(25)22(29)13-17)16(2)28(15)20-9-7-19(8-10-20)24(3,4)5/h6-14,29H,1-5H3,(H,27,30)/b26-14-.